The topological polar surface area (TPSA) is 52.0 Å². The highest BCUT2D eigenvalue weighted by atomic mass is 79.9. The van der Waals surface area contributed by atoms with Crippen LogP contribution in [0.5, 0.6) is 0 Å². The Morgan fingerprint density at radius 3 is 2.62 bits per heavy atom. The number of benzene rings is 2. The van der Waals surface area contributed by atoms with Gasteiger partial charge >= 0.3 is 0 Å². The molecule has 0 radical (unpaired) electrons. The summed E-state index contributed by atoms with van der Waals surface area (Å²) < 4.78 is 6.47. The average Bonchev–Trinajstić information content (AvgIpc) is 2.81. The Hall–Kier alpha value is -1.78. The lowest BCUT2D eigenvalue weighted by molar-refractivity contribution is 0.436. The maximum absolute atomic E-state index is 6.28. The molecule has 0 saturated carbocycles. The zero-order valence-electron chi connectivity index (χ0n) is 11.2. The number of hydrogen-bond donors (Lipinski definition) is 1. The van der Waals surface area contributed by atoms with Crippen molar-refractivity contribution in [1.29, 1.82) is 0 Å². The van der Waals surface area contributed by atoms with Crippen LogP contribution in [0, 0.1) is 6.92 Å². The van der Waals surface area contributed by atoms with Gasteiger partial charge in [-0.25, -0.2) is 0 Å². The van der Waals surface area contributed by atoms with Gasteiger partial charge in [0, 0.05) is 20.6 Å². The molecule has 0 saturated heterocycles. The van der Waals surface area contributed by atoms with Gasteiger partial charge in [-0.1, -0.05) is 50.9 Å². The lowest BCUT2D eigenvalue weighted by Gasteiger charge is -2.07. The van der Waals surface area contributed by atoms with Crippen LogP contribution in [0.25, 0.3) is 22.5 Å². The Bertz CT molecular complexity index is 814. The molecular formula is C16H12BrClN2O. The summed E-state index contributed by atoms with van der Waals surface area (Å²) in [7, 11) is 0. The molecule has 0 atom stereocenters. The van der Waals surface area contributed by atoms with Crippen LogP contribution in [-0.4, -0.2) is 5.16 Å². The largest absolute Gasteiger partial charge is 0.380 e. The van der Waals surface area contributed by atoms with E-state index >= 15 is 0 Å². The molecule has 0 unspecified atom stereocenters. The van der Waals surface area contributed by atoms with Crippen LogP contribution in [0.1, 0.15) is 5.56 Å². The second-order valence-electron chi connectivity index (χ2n) is 4.71. The summed E-state index contributed by atoms with van der Waals surface area (Å²) in [5, 5.41) is 4.52. The Kier molecular flexibility index (Phi) is 3.74. The van der Waals surface area contributed by atoms with E-state index in [4.69, 9.17) is 21.9 Å². The molecule has 3 nitrogen and oxygen atoms in total. The number of halogens is 2. The minimum absolute atomic E-state index is 0.334. The maximum atomic E-state index is 6.28. The summed E-state index contributed by atoms with van der Waals surface area (Å²) in [4.78, 5) is 0. The van der Waals surface area contributed by atoms with Crippen molar-refractivity contribution >= 4 is 33.3 Å². The molecular weight excluding hydrogens is 352 g/mol. The zero-order valence-corrected chi connectivity index (χ0v) is 13.6. The molecule has 0 amide bonds. The van der Waals surface area contributed by atoms with E-state index in [0.717, 1.165) is 26.7 Å². The van der Waals surface area contributed by atoms with Crippen molar-refractivity contribution in [2.45, 2.75) is 6.92 Å². The second kappa shape index (κ2) is 5.54. The van der Waals surface area contributed by atoms with E-state index < -0.39 is 0 Å². The van der Waals surface area contributed by atoms with Gasteiger partial charge in [0.25, 0.3) is 0 Å². The van der Waals surface area contributed by atoms with Gasteiger partial charge in [-0.3, -0.25) is 0 Å². The normalized spacial score (nSPS) is 10.8. The summed E-state index contributed by atoms with van der Waals surface area (Å²) in [5.74, 6) is 0.964. The molecule has 2 N–H and O–H groups in total. The summed E-state index contributed by atoms with van der Waals surface area (Å²) in [6, 6.07) is 13.5. The third kappa shape index (κ3) is 2.57. The van der Waals surface area contributed by atoms with Crippen molar-refractivity contribution in [2.24, 2.45) is 0 Å². The number of nitrogen functional groups attached to an aromatic ring is 1. The van der Waals surface area contributed by atoms with Crippen molar-refractivity contribution in [3.63, 3.8) is 0 Å². The second-order valence-corrected chi connectivity index (χ2v) is 6.03. The molecule has 0 fully saturated rings. The molecule has 2 aromatic carbocycles. The van der Waals surface area contributed by atoms with Crippen LogP contribution in [0.3, 0.4) is 0 Å². The van der Waals surface area contributed by atoms with Crippen LogP contribution in [0.2, 0.25) is 5.02 Å². The Balaban J connectivity index is 2.25. The van der Waals surface area contributed by atoms with Crippen molar-refractivity contribution < 1.29 is 4.52 Å². The molecule has 0 aliphatic carbocycles. The lowest BCUT2D eigenvalue weighted by Crippen LogP contribution is -1.90. The SMILES string of the molecule is Cc1cc(Br)ccc1-c1onc(N)c1-c1ccccc1Cl. The Morgan fingerprint density at radius 2 is 1.90 bits per heavy atom. The molecule has 5 heteroatoms. The third-order valence-corrected chi connectivity index (χ3v) is 4.12. The summed E-state index contributed by atoms with van der Waals surface area (Å²) in [6.45, 7) is 2.01. The van der Waals surface area contributed by atoms with E-state index in [1.165, 1.54) is 0 Å². The molecule has 3 rings (SSSR count). The summed E-state index contributed by atoms with van der Waals surface area (Å²) in [6.07, 6.45) is 0. The van der Waals surface area contributed by atoms with Crippen molar-refractivity contribution in [3.05, 3.63) is 57.5 Å². The van der Waals surface area contributed by atoms with Crippen molar-refractivity contribution in [2.75, 3.05) is 5.73 Å². The van der Waals surface area contributed by atoms with Gasteiger partial charge in [-0.15, -0.1) is 0 Å². The average molecular weight is 364 g/mol. The van der Waals surface area contributed by atoms with Gasteiger partial charge in [0.15, 0.2) is 11.6 Å². The molecule has 21 heavy (non-hydrogen) atoms. The molecule has 106 valence electrons. The monoisotopic (exact) mass is 362 g/mol. The molecule has 0 bridgehead atoms. The molecule has 1 heterocycles. The Labute approximate surface area is 135 Å². The smallest absolute Gasteiger partial charge is 0.177 e. The number of nitrogens with zero attached hydrogens (tertiary/aromatic N) is 1. The first kappa shape index (κ1) is 14.2. The van der Waals surface area contributed by atoms with E-state index in [1.54, 1.807) is 0 Å². The molecule has 1 aromatic heterocycles. The van der Waals surface area contributed by atoms with Crippen LogP contribution >= 0.6 is 27.5 Å². The number of aryl methyl sites for hydroxylation is 1. The van der Waals surface area contributed by atoms with Gasteiger partial charge in [0.1, 0.15) is 0 Å². The minimum atomic E-state index is 0.334. The number of nitrogens with two attached hydrogens (primary N) is 1. The van der Waals surface area contributed by atoms with Crippen LogP contribution < -0.4 is 5.73 Å². The maximum Gasteiger partial charge on any atom is 0.177 e. The van der Waals surface area contributed by atoms with E-state index in [9.17, 15) is 0 Å². The quantitative estimate of drug-likeness (QED) is 0.671. The Morgan fingerprint density at radius 1 is 1.14 bits per heavy atom. The molecule has 0 spiro atoms. The van der Waals surface area contributed by atoms with Crippen LogP contribution in [0.4, 0.5) is 5.82 Å². The molecule has 0 aliphatic heterocycles. The van der Waals surface area contributed by atoms with Gasteiger partial charge in [-0.2, -0.15) is 0 Å². The standard InChI is InChI=1S/C16H12BrClN2O/c1-9-8-10(17)6-7-11(9)15-14(16(19)20-21-15)12-4-2-3-5-13(12)18/h2-8H,1H3,(H2,19,20). The molecule has 3 aromatic rings. The zero-order chi connectivity index (χ0) is 15.0. The van der Waals surface area contributed by atoms with Crippen molar-refractivity contribution in [3.8, 4) is 22.5 Å². The van der Waals surface area contributed by atoms with Gasteiger partial charge in [-0.05, 0) is 36.8 Å². The van der Waals surface area contributed by atoms with E-state index in [-0.39, 0.29) is 0 Å². The first-order chi connectivity index (χ1) is 10.1. The fourth-order valence-electron chi connectivity index (χ4n) is 2.29. The van der Waals surface area contributed by atoms with Gasteiger partial charge in [0.05, 0.1) is 5.56 Å². The highest BCUT2D eigenvalue weighted by Gasteiger charge is 2.20. The van der Waals surface area contributed by atoms with E-state index in [2.05, 4.69) is 21.1 Å². The van der Waals surface area contributed by atoms with E-state index in [1.807, 2.05) is 49.4 Å². The fourth-order valence-corrected chi connectivity index (χ4v) is 3.00. The highest BCUT2D eigenvalue weighted by Crippen LogP contribution is 2.41. The summed E-state index contributed by atoms with van der Waals surface area (Å²) >= 11 is 9.74. The third-order valence-electron chi connectivity index (χ3n) is 3.29. The fraction of sp³-hybridized carbons (Fsp3) is 0.0625. The first-order valence-corrected chi connectivity index (χ1v) is 7.51. The molecule has 0 aliphatic rings. The number of aromatic nitrogens is 1. The number of anilines is 1. The predicted molar refractivity (Wildman–Crippen MR) is 89.2 cm³/mol. The van der Waals surface area contributed by atoms with Crippen molar-refractivity contribution in [1.82, 2.24) is 5.16 Å². The first-order valence-electron chi connectivity index (χ1n) is 6.34. The number of hydrogen-bond acceptors (Lipinski definition) is 3. The van der Waals surface area contributed by atoms with Crippen LogP contribution in [0.15, 0.2) is 51.5 Å². The lowest BCUT2D eigenvalue weighted by atomic mass is 9.99. The van der Waals surface area contributed by atoms with Gasteiger partial charge in [0.2, 0.25) is 0 Å². The highest BCUT2D eigenvalue weighted by molar-refractivity contribution is 9.10. The van der Waals surface area contributed by atoms with Gasteiger partial charge < -0.3 is 10.3 Å². The number of rotatable bonds is 2. The van der Waals surface area contributed by atoms with Crippen LogP contribution in [-0.2, 0) is 0 Å². The minimum Gasteiger partial charge on any atom is -0.380 e. The van der Waals surface area contributed by atoms with E-state index in [0.29, 0.717) is 16.6 Å². The predicted octanol–water partition coefficient (Wildman–Crippen LogP) is 5.32. The summed E-state index contributed by atoms with van der Waals surface area (Å²) in [5.41, 5.74) is 9.54.